The van der Waals surface area contributed by atoms with E-state index in [9.17, 15) is 4.79 Å². The summed E-state index contributed by atoms with van der Waals surface area (Å²) in [6.07, 6.45) is 3.73. The van der Waals surface area contributed by atoms with Gasteiger partial charge in [0.15, 0.2) is 5.96 Å². The predicted octanol–water partition coefficient (Wildman–Crippen LogP) is 2.53. The molecular weight excluding hydrogens is 433 g/mol. The summed E-state index contributed by atoms with van der Waals surface area (Å²) < 4.78 is 7.42. The van der Waals surface area contributed by atoms with Gasteiger partial charge in [-0.05, 0) is 39.8 Å². The van der Waals surface area contributed by atoms with Crippen LogP contribution in [0.2, 0.25) is 0 Å². The Labute approximate surface area is 168 Å². The van der Waals surface area contributed by atoms with Crippen LogP contribution in [-0.4, -0.2) is 60.3 Å². The third-order valence-electron chi connectivity index (χ3n) is 3.08. The first kappa shape index (κ1) is 23.5. The summed E-state index contributed by atoms with van der Waals surface area (Å²) in [5.41, 5.74) is -0.483. The Bertz CT molecular complexity index is 512. The maximum atomic E-state index is 11.9. The van der Waals surface area contributed by atoms with E-state index in [2.05, 4.69) is 20.2 Å². The normalized spacial score (nSPS) is 11.5. The average molecular weight is 465 g/mol. The quantitative estimate of drug-likeness (QED) is 0.369. The van der Waals surface area contributed by atoms with Crippen LogP contribution in [0.25, 0.3) is 0 Å². The summed E-state index contributed by atoms with van der Waals surface area (Å²) >= 11 is 0. The molecule has 1 heterocycles. The van der Waals surface area contributed by atoms with E-state index in [1.807, 2.05) is 52.2 Å². The largest absolute Gasteiger partial charge is 0.444 e. The number of hydrogen-bond donors (Lipinski definition) is 2. The van der Waals surface area contributed by atoms with Gasteiger partial charge in [-0.25, -0.2) is 4.79 Å². The molecule has 1 rings (SSSR count). The summed E-state index contributed by atoms with van der Waals surface area (Å²) in [6.45, 7) is 11.0. The molecule has 144 valence electrons. The zero-order valence-corrected chi connectivity index (χ0v) is 18.2. The van der Waals surface area contributed by atoms with Gasteiger partial charge in [0.2, 0.25) is 0 Å². The van der Waals surface area contributed by atoms with Crippen LogP contribution in [0.15, 0.2) is 29.5 Å². The molecule has 0 radical (unpaired) electrons. The fourth-order valence-electron chi connectivity index (χ4n) is 1.91. The lowest BCUT2D eigenvalue weighted by Crippen LogP contribution is -2.40. The molecular formula is C17H32IN5O2. The van der Waals surface area contributed by atoms with Crippen molar-refractivity contribution in [2.24, 2.45) is 4.99 Å². The van der Waals surface area contributed by atoms with Gasteiger partial charge in [0.1, 0.15) is 5.60 Å². The van der Waals surface area contributed by atoms with E-state index in [4.69, 9.17) is 4.74 Å². The van der Waals surface area contributed by atoms with Crippen molar-refractivity contribution in [1.82, 2.24) is 20.1 Å². The zero-order valence-electron chi connectivity index (χ0n) is 15.9. The van der Waals surface area contributed by atoms with Gasteiger partial charge in [0, 0.05) is 45.6 Å². The molecule has 0 aliphatic heterocycles. The Morgan fingerprint density at radius 1 is 1.24 bits per heavy atom. The van der Waals surface area contributed by atoms with Crippen LogP contribution in [0.4, 0.5) is 4.79 Å². The van der Waals surface area contributed by atoms with Gasteiger partial charge < -0.3 is 24.8 Å². The number of likely N-dealkylation sites (N-methyl/N-ethyl adjacent to an activating group) is 1. The number of guanidine groups is 1. The molecule has 1 aromatic heterocycles. The van der Waals surface area contributed by atoms with Crippen molar-refractivity contribution in [3.8, 4) is 0 Å². The number of carbonyl (C=O) groups excluding carboxylic acids is 1. The van der Waals surface area contributed by atoms with E-state index in [1.165, 1.54) is 4.90 Å². The molecule has 25 heavy (non-hydrogen) atoms. The first-order valence-electron chi connectivity index (χ1n) is 8.39. The van der Waals surface area contributed by atoms with Crippen molar-refractivity contribution in [1.29, 1.82) is 0 Å². The number of aromatic nitrogens is 1. The minimum Gasteiger partial charge on any atom is -0.444 e. The number of aliphatic imine (C=N–C) groups is 1. The summed E-state index contributed by atoms with van der Waals surface area (Å²) in [5, 5.41) is 6.48. The van der Waals surface area contributed by atoms with E-state index < -0.39 is 5.60 Å². The summed E-state index contributed by atoms with van der Waals surface area (Å²) in [5.74, 6) is 0.752. The molecule has 0 bridgehead atoms. The highest BCUT2D eigenvalue weighted by Crippen LogP contribution is 2.08. The minimum absolute atomic E-state index is 0. The second-order valence-electron chi connectivity index (χ2n) is 6.51. The number of rotatable bonds is 7. The van der Waals surface area contributed by atoms with Crippen LogP contribution in [0, 0.1) is 0 Å². The Morgan fingerprint density at radius 3 is 2.44 bits per heavy atom. The number of ether oxygens (including phenoxy) is 1. The molecule has 0 saturated heterocycles. The maximum absolute atomic E-state index is 11.9. The third-order valence-corrected chi connectivity index (χ3v) is 3.08. The van der Waals surface area contributed by atoms with Crippen molar-refractivity contribution in [2.75, 3.05) is 33.2 Å². The number of amides is 1. The minimum atomic E-state index is -0.483. The Kier molecular flexibility index (Phi) is 11.3. The molecule has 0 saturated carbocycles. The fraction of sp³-hybridized carbons (Fsp3) is 0.647. The van der Waals surface area contributed by atoms with Gasteiger partial charge in [-0.15, -0.1) is 24.0 Å². The van der Waals surface area contributed by atoms with Crippen LogP contribution in [0.3, 0.4) is 0 Å². The van der Waals surface area contributed by atoms with Crippen LogP contribution >= 0.6 is 24.0 Å². The molecule has 0 unspecified atom stereocenters. The van der Waals surface area contributed by atoms with Crippen LogP contribution < -0.4 is 10.6 Å². The first-order chi connectivity index (χ1) is 11.3. The van der Waals surface area contributed by atoms with E-state index in [0.29, 0.717) is 13.1 Å². The fourth-order valence-corrected chi connectivity index (χ4v) is 1.91. The molecule has 2 N–H and O–H groups in total. The molecule has 1 aromatic rings. The van der Waals surface area contributed by atoms with Crippen molar-refractivity contribution in [3.63, 3.8) is 0 Å². The van der Waals surface area contributed by atoms with Crippen LogP contribution in [0.1, 0.15) is 27.7 Å². The van der Waals surface area contributed by atoms with E-state index in [1.54, 1.807) is 7.05 Å². The number of nitrogens with one attached hydrogen (secondary N) is 2. The summed E-state index contributed by atoms with van der Waals surface area (Å²) in [4.78, 5) is 17.9. The smallest absolute Gasteiger partial charge is 0.410 e. The Hall–Kier alpha value is -1.45. The number of hydrogen-bond acceptors (Lipinski definition) is 3. The van der Waals surface area contributed by atoms with Gasteiger partial charge >= 0.3 is 6.09 Å². The van der Waals surface area contributed by atoms with Crippen LogP contribution in [-0.2, 0) is 11.3 Å². The van der Waals surface area contributed by atoms with E-state index in [-0.39, 0.29) is 30.1 Å². The lowest BCUT2D eigenvalue weighted by Gasteiger charge is -2.24. The Morgan fingerprint density at radius 2 is 1.88 bits per heavy atom. The molecule has 0 spiro atoms. The van der Waals surface area contributed by atoms with Crippen LogP contribution in [0.5, 0.6) is 0 Å². The van der Waals surface area contributed by atoms with Gasteiger partial charge in [-0.2, -0.15) is 0 Å². The van der Waals surface area contributed by atoms with E-state index in [0.717, 1.165) is 25.6 Å². The average Bonchev–Trinajstić information content (AvgIpc) is 2.98. The summed E-state index contributed by atoms with van der Waals surface area (Å²) in [7, 11) is 1.72. The highest BCUT2D eigenvalue weighted by molar-refractivity contribution is 14.0. The lowest BCUT2D eigenvalue weighted by atomic mass is 10.2. The second-order valence-corrected chi connectivity index (χ2v) is 6.51. The predicted molar refractivity (Wildman–Crippen MR) is 113 cm³/mol. The maximum Gasteiger partial charge on any atom is 0.410 e. The van der Waals surface area contributed by atoms with Gasteiger partial charge in [0.05, 0.1) is 6.54 Å². The van der Waals surface area contributed by atoms with Gasteiger partial charge in [-0.1, -0.05) is 0 Å². The van der Waals surface area contributed by atoms with Gasteiger partial charge in [0.25, 0.3) is 0 Å². The zero-order chi connectivity index (χ0) is 18.0. The van der Waals surface area contributed by atoms with Crippen molar-refractivity contribution < 1.29 is 9.53 Å². The van der Waals surface area contributed by atoms with E-state index >= 15 is 0 Å². The van der Waals surface area contributed by atoms with Gasteiger partial charge in [-0.3, -0.25) is 4.99 Å². The van der Waals surface area contributed by atoms with Crippen molar-refractivity contribution in [2.45, 2.75) is 39.8 Å². The molecule has 0 aliphatic carbocycles. The molecule has 7 nitrogen and oxygen atoms in total. The molecule has 0 atom stereocenters. The topological polar surface area (TPSA) is 70.9 Å². The first-order valence-corrected chi connectivity index (χ1v) is 8.39. The molecule has 8 heteroatoms. The molecule has 0 aliphatic rings. The summed E-state index contributed by atoms with van der Waals surface area (Å²) in [6, 6.07) is 4.01. The van der Waals surface area contributed by atoms with Crippen molar-refractivity contribution >= 4 is 36.0 Å². The standard InChI is InChI=1S/C17H31N5O2.HI/c1-6-18-15(20-10-14-22-11-7-8-12-22)19-9-13-21(5)16(23)24-17(2,3)4;/h7-8,11-12H,6,9-10,13-14H2,1-5H3,(H2,18,19,20);1H. The molecule has 0 aromatic carbocycles. The number of halogens is 1. The molecule has 0 fully saturated rings. The highest BCUT2D eigenvalue weighted by atomic mass is 127. The Balaban J connectivity index is 0.00000576. The SMILES string of the molecule is CCNC(=NCCN(C)C(=O)OC(C)(C)C)NCCn1cccc1.I. The third kappa shape index (κ3) is 10.9. The monoisotopic (exact) mass is 465 g/mol. The molecule has 1 amide bonds. The van der Waals surface area contributed by atoms with Crippen molar-refractivity contribution in [3.05, 3.63) is 24.5 Å². The highest BCUT2D eigenvalue weighted by Gasteiger charge is 2.19. The number of nitrogens with zero attached hydrogens (tertiary/aromatic N) is 3. The lowest BCUT2D eigenvalue weighted by molar-refractivity contribution is 0.0304. The second kappa shape index (κ2) is 12.0. The number of carbonyl (C=O) groups is 1.